The van der Waals surface area contributed by atoms with Gasteiger partial charge in [0, 0.05) is 12.8 Å². The first-order chi connectivity index (χ1) is 7.02. The molecule has 1 heterocycles. The van der Waals surface area contributed by atoms with Crippen LogP contribution in [0.1, 0.15) is 58.8 Å². The summed E-state index contributed by atoms with van der Waals surface area (Å²) in [5.41, 5.74) is 0.358. The SMILES string of the molecule is CC1(C)CCCC2(CC1)CC(=O)CCO2. The molecule has 2 rings (SSSR count). The Hall–Kier alpha value is -0.370. The van der Waals surface area contributed by atoms with E-state index in [9.17, 15) is 4.79 Å². The van der Waals surface area contributed by atoms with E-state index in [1.165, 1.54) is 19.3 Å². The van der Waals surface area contributed by atoms with Gasteiger partial charge in [0.15, 0.2) is 0 Å². The van der Waals surface area contributed by atoms with Gasteiger partial charge in [-0.05, 0) is 31.1 Å². The summed E-state index contributed by atoms with van der Waals surface area (Å²) in [6, 6.07) is 0. The molecule has 15 heavy (non-hydrogen) atoms. The van der Waals surface area contributed by atoms with Crippen molar-refractivity contribution in [3.05, 3.63) is 0 Å². The maximum atomic E-state index is 11.5. The van der Waals surface area contributed by atoms with Crippen LogP contribution in [0.15, 0.2) is 0 Å². The van der Waals surface area contributed by atoms with Gasteiger partial charge in [-0.3, -0.25) is 4.79 Å². The molecular weight excluding hydrogens is 188 g/mol. The molecule has 1 atom stereocenters. The normalized spacial score (nSPS) is 36.5. The molecule has 2 nitrogen and oxygen atoms in total. The van der Waals surface area contributed by atoms with Crippen LogP contribution in [0.4, 0.5) is 0 Å². The lowest BCUT2D eigenvalue weighted by Gasteiger charge is -2.36. The van der Waals surface area contributed by atoms with E-state index in [2.05, 4.69) is 13.8 Å². The second-order valence-corrected chi connectivity index (χ2v) is 6.01. The molecule has 0 radical (unpaired) electrons. The summed E-state index contributed by atoms with van der Waals surface area (Å²) >= 11 is 0. The van der Waals surface area contributed by atoms with E-state index in [1.807, 2.05) is 0 Å². The third-order valence-electron chi connectivity index (χ3n) is 4.05. The largest absolute Gasteiger partial charge is 0.374 e. The highest BCUT2D eigenvalue weighted by atomic mass is 16.5. The fraction of sp³-hybridized carbons (Fsp3) is 0.923. The third kappa shape index (κ3) is 2.60. The molecule has 1 aliphatic carbocycles. The van der Waals surface area contributed by atoms with Crippen LogP contribution in [0.5, 0.6) is 0 Å². The Bertz CT molecular complexity index is 257. The molecule has 0 aromatic heterocycles. The van der Waals surface area contributed by atoms with Crippen LogP contribution in [0.3, 0.4) is 0 Å². The molecular formula is C13H22O2. The Morgan fingerprint density at radius 2 is 1.93 bits per heavy atom. The number of ketones is 1. The summed E-state index contributed by atoms with van der Waals surface area (Å²) in [4.78, 5) is 11.5. The lowest BCUT2D eigenvalue weighted by Crippen LogP contribution is -2.39. The standard InChI is InChI=1S/C13H22O2/c1-12(2)5-3-6-13(8-7-12)10-11(14)4-9-15-13/h3-10H2,1-2H3. The molecule has 1 unspecified atom stereocenters. The lowest BCUT2D eigenvalue weighted by atomic mass is 9.82. The van der Waals surface area contributed by atoms with E-state index < -0.39 is 0 Å². The average molecular weight is 210 g/mol. The van der Waals surface area contributed by atoms with Crippen molar-refractivity contribution < 1.29 is 9.53 Å². The molecule has 0 bridgehead atoms. The van der Waals surface area contributed by atoms with Gasteiger partial charge in [-0.25, -0.2) is 0 Å². The first-order valence-corrected chi connectivity index (χ1v) is 6.17. The van der Waals surface area contributed by atoms with Crippen molar-refractivity contribution in [1.29, 1.82) is 0 Å². The van der Waals surface area contributed by atoms with Gasteiger partial charge < -0.3 is 4.74 Å². The van der Waals surface area contributed by atoms with Crippen LogP contribution in [0.25, 0.3) is 0 Å². The monoisotopic (exact) mass is 210 g/mol. The van der Waals surface area contributed by atoms with Crippen molar-refractivity contribution in [2.75, 3.05) is 6.61 Å². The second-order valence-electron chi connectivity index (χ2n) is 6.01. The summed E-state index contributed by atoms with van der Waals surface area (Å²) in [6.45, 7) is 5.31. The zero-order valence-corrected chi connectivity index (χ0v) is 9.97. The highest BCUT2D eigenvalue weighted by molar-refractivity contribution is 5.80. The minimum absolute atomic E-state index is 0.0803. The number of carbonyl (C=O) groups excluding carboxylic acids is 1. The lowest BCUT2D eigenvalue weighted by molar-refractivity contribution is -0.142. The van der Waals surface area contributed by atoms with Gasteiger partial charge >= 0.3 is 0 Å². The van der Waals surface area contributed by atoms with Crippen molar-refractivity contribution in [1.82, 2.24) is 0 Å². The highest BCUT2D eigenvalue weighted by Gasteiger charge is 2.40. The van der Waals surface area contributed by atoms with Gasteiger partial charge in [-0.1, -0.05) is 20.3 Å². The van der Waals surface area contributed by atoms with Gasteiger partial charge in [-0.15, -0.1) is 0 Å². The van der Waals surface area contributed by atoms with Crippen molar-refractivity contribution in [2.45, 2.75) is 64.4 Å². The zero-order chi connectivity index (χ0) is 10.9. The number of hydrogen-bond acceptors (Lipinski definition) is 2. The molecule has 0 aromatic rings. The molecule has 1 saturated heterocycles. The van der Waals surface area contributed by atoms with Crippen molar-refractivity contribution in [3.63, 3.8) is 0 Å². The molecule has 0 aromatic carbocycles. The summed E-state index contributed by atoms with van der Waals surface area (Å²) in [7, 11) is 0. The zero-order valence-electron chi connectivity index (χ0n) is 9.97. The van der Waals surface area contributed by atoms with Crippen LogP contribution in [0, 0.1) is 5.41 Å². The Morgan fingerprint density at radius 3 is 2.67 bits per heavy atom. The number of Topliss-reactive ketones (excluding diaryl/α,β-unsaturated/α-hetero) is 1. The first-order valence-electron chi connectivity index (χ1n) is 6.17. The second kappa shape index (κ2) is 3.89. The van der Waals surface area contributed by atoms with Gasteiger partial charge in [-0.2, -0.15) is 0 Å². The van der Waals surface area contributed by atoms with E-state index in [1.54, 1.807) is 0 Å². The minimum atomic E-state index is -0.0803. The molecule has 0 N–H and O–H groups in total. The quantitative estimate of drug-likeness (QED) is 0.614. The van der Waals surface area contributed by atoms with E-state index in [0.29, 0.717) is 30.6 Å². The van der Waals surface area contributed by atoms with E-state index in [0.717, 1.165) is 12.8 Å². The predicted octanol–water partition coefficient (Wildman–Crippen LogP) is 3.10. The third-order valence-corrected chi connectivity index (χ3v) is 4.05. The summed E-state index contributed by atoms with van der Waals surface area (Å²) in [5.74, 6) is 0.404. The number of hydrogen-bond donors (Lipinski definition) is 0. The topological polar surface area (TPSA) is 26.3 Å². The summed E-state index contributed by atoms with van der Waals surface area (Å²) < 4.78 is 5.93. The fourth-order valence-electron chi connectivity index (χ4n) is 2.91. The molecule has 86 valence electrons. The predicted molar refractivity (Wildman–Crippen MR) is 59.8 cm³/mol. The number of ether oxygens (including phenoxy) is 1. The van der Waals surface area contributed by atoms with Crippen LogP contribution in [0.2, 0.25) is 0 Å². The van der Waals surface area contributed by atoms with E-state index in [-0.39, 0.29) is 5.60 Å². The number of carbonyl (C=O) groups is 1. The Labute approximate surface area is 92.4 Å². The van der Waals surface area contributed by atoms with Crippen molar-refractivity contribution in [3.8, 4) is 0 Å². The minimum Gasteiger partial charge on any atom is -0.374 e. The van der Waals surface area contributed by atoms with E-state index in [4.69, 9.17) is 4.74 Å². The molecule has 2 fully saturated rings. The molecule has 2 aliphatic rings. The van der Waals surface area contributed by atoms with Gasteiger partial charge in [0.25, 0.3) is 0 Å². The highest BCUT2D eigenvalue weighted by Crippen LogP contribution is 2.42. The van der Waals surface area contributed by atoms with Gasteiger partial charge in [0.05, 0.1) is 12.2 Å². The Kier molecular flexibility index (Phi) is 2.89. The summed E-state index contributed by atoms with van der Waals surface area (Å²) in [5, 5.41) is 0. The van der Waals surface area contributed by atoms with Crippen LogP contribution >= 0.6 is 0 Å². The van der Waals surface area contributed by atoms with Crippen LogP contribution in [-0.2, 0) is 9.53 Å². The van der Waals surface area contributed by atoms with Crippen LogP contribution < -0.4 is 0 Å². The van der Waals surface area contributed by atoms with Crippen molar-refractivity contribution >= 4 is 5.78 Å². The molecule has 2 heteroatoms. The fourth-order valence-corrected chi connectivity index (χ4v) is 2.91. The van der Waals surface area contributed by atoms with E-state index >= 15 is 0 Å². The molecule has 1 saturated carbocycles. The average Bonchev–Trinajstić information content (AvgIpc) is 2.27. The molecule has 0 amide bonds. The maximum absolute atomic E-state index is 11.5. The van der Waals surface area contributed by atoms with Crippen LogP contribution in [-0.4, -0.2) is 18.0 Å². The maximum Gasteiger partial charge on any atom is 0.138 e. The molecule has 1 spiro atoms. The summed E-state index contributed by atoms with van der Waals surface area (Å²) in [6.07, 6.45) is 7.13. The Balaban J connectivity index is 2.05. The molecule has 1 aliphatic heterocycles. The van der Waals surface area contributed by atoms with Crippen molar-refractivity contribution in [2.24, 2.45) is 5.41 Å². The number of rotatable bonds is 0. The smallest absolute Gasteiger partial charge is 0.138 e. The van der Waals surface area contributed by atoms with Gasteiger partial charge in [0.2, 0.25) is 0 Å². The Morgan fingerprint density at radius 1 is 1.13 bits per heavy atom. The van der Waals surface area contributed by atoms with Gasteiger partial charge in [0.1, 0.15) is 5.78 Å². The first kappa shape index (κ1) is 11.1.